The minimum Gasteiger partial charge on any atom is -0.455 e. The Labute approximate surface area is 440 Å². The number of nitrogens with one attached hydrogen (secondary N) is 3. The molecule has 1 amide bonds. The summed E-state index contributed by atoms with van der Waals surface area (Å²) in [6.45, 7) is 13.2. The summed E-state index contributed by atoms with van der Waals surface area (Å²) in [6, 6.07) is 32.8. The zero-order valence-electron chi connectivity index (χ0n) is 43.3. The number of carbonyl (C=O) groups is 1. The summed E-state index contributed by atoms with van der Waals surface area (Å²) in [4.78, 5) is 40.5. The number of aromatic nitrogens is 2. The van der Waals surface area contributed by atoms with Crippen molar-refractivity contribution in [2.45, 2.75) is 114 Å². The Morgan fingerprint density at radius 1 is 0.947 bits per heavy atom. The number of amides is 1. The van der Waals surface area contributed by atoms with E-state index in [0.717, 1.165) is 88.4 Å². The number of ether oxygens (including phenoxy) is 1. The highest BCUT2D eigenvalue weighted by atomic mass is 32.2. The number of hydrogen-bond donors (Lipinski definition) is 4. The van der Waals surface area contributed by atoms with Crippen LogP contribution in [0.4, 0.5) is 17.1 Å². The van der Waals surface area contributed by atoms with Crippen LogP contribution in [0.3, 0.4) is 0 Å². The molecular formula is C59H68N8O7S. The summed E-state index contributed by atoms with van der Waals surface area (Å²) < 4.78 is 36.3. The molecule has 4 fully saturated rings. The molecule has 4 aliphatic rings. The summed E-state index contributed by atoms with van der Waals surface area (Å²) in [7, 11) is -4.59. The molecule has 0 bridgehead atoms. The molecule has 2 saturated carbocycles. The maximum atomic E-state index is 14.1. The maximum Gasteiger partial charge on any atom is 0.293 e. The normalized spacial score (nSPS) is 21.8. The monoisotopic (exact) mass is 1030 g/mol. The summed E-state index contributed by atoms with van der Waals surface area (Å²) in [6.07, 6.45) is 10.4. The Balaban J connectivity index is 0.842. The molecule has 4 aromatic carbocycles. The van der Waals surface area contributed by atoms with Crippen LogP contribution in [0, 0.1) is 33.3 Å². The third-order valence-electron chi connectivity index (χ3n) is 16.5. The SMILES string of the molecule is CC#CC(c1ccccc1)N1CCN(C2CC3(CCN(c4ccc(C(=O)NS(=O)(=O)c5ccc(NC[C@H]6CC[C@](C)(O)CC6)c([N+](=O)[O-])c5)c(Oc5cnc6[nH]ccc6c5)c4)CC3)C2)C(c2ccccc2C(C)C)C1. The van der Waals surface area contributed by atoms with Gasteiger partial charge in [-0.15, -0.1) is 5.92 Å². The van der Waals surface area contributed by atoms with Crippen molar-refractivity contribution in [2.24, 2.45) is 11.3 Å². The molecule has 75 heavy (non-hydrogen) atoms. The third kappa shape index (κ3) is 11.3. The van der Waals surface area contributed by atoms with Crippen molar-refractivity contribution in [1.82, 2.24) is 24.5 Å². The number of sulfonamides is 1. The Bertz CT molecular complexity index is 3210. The average molecular weight is 1030 g/mol. The van der Waals surface area contributed by atoms with Gasteiger partial charge in [-0.3, -0.25) is 24.7 Å². The van der Waals surface area contributed by atoms with Crippen molar-refractivity contribution in [1.29, 1.82) is 0 Å². The zero-order chi connectivity index (χ0) is 52.5. The Morgan fingerprint density at radius 3 is 2.43 bits per heavy atom. The van der Waals surface area contributed by atoms with Crippen LogP contribution >= 0.6 is 0 Å². The van der Waals surface area contributed by atoms with E-state index in [1.165, 1.54) is 28.8 Å². The van der Waals surface area contributed by atoms with Crippen LogP contribution in [0.2, 0.25) is 0 Å². The molecule has 2 aromatic heterocycles. The van der Waals surface area contributed by atoms with Gasteiger partial charge in [0.15, 0.2) is 0 Å². The first kappa shape index (κ1) is 51.7. The smallest absolute Gasteiger partial charge is 0.293 e. The lowest BCUT2D eigenvalue weighted by Gasteiger charge is -2.58. The van der Waals surface area contributed by atoms with E-state index in [1.54, 1.807) is 30.6 Å². The summed E-state index contributed by atoms with van der Waals surface area (Å²) in [5, 5.41) is 26.5. The number of benzene rings is 4. The maximum absolute atomic E-state index is 14.1. The molecule has 1 spiro atoms. The first-order valence-corrected chi connectivity index (χ1v) is 27.9. The molecule has 392 valence electrons. The van der Waals surface area contributed by atoms with Crippen LogP contribution in [-0.2, 0) is 10.0 Å². The lowest BCUT2D eigenvalue weighted by molar-refractivity contribution is -0.384. The van der Waals surface area contributed by atoms with E-state index in [1.807, 2.05) is 26.0 Å². The van der Waals surface area contributed by atoms with E-state index < -0.39 is 37.0 Å². The molecule has 6 aromatic rings. The van der Waals surface area contributed by atoms with Gasteiger partial charge in [-0.2, -0.15) is 0 Å². The molecule has 2 unspecified atom stereocenters. The molecule has 4 N–H and O–H groups in total. The number of hydrogen-bond acceptors (Lipinski definition) is 12. The van der Waals surface area contributed by atoms with Crippen molar-refractivity contribution >= 4 is 44.0 Å². The second-order valence-electron chi connectivity index (χ2n) is 21.8. The number of aliphatic hydroxyl groups is 1. The number of nitro groups is 1. The highest BCUT2D eigenvalue weighted by Crippen LogP contribution is 2.54. The Kier molecular flexibility index (Phi) is 14.8. The van der Waals surface area contributed by atoms with Crippen molar-refractivity contribution in [3.63, 3.8) is 0 Å². The van der Waals surface area contributed by atoms with Crippen molar-refractivity contribution in [3.8, 4) is 23.3 Å². The number of aromatic amines is 1. The number of H-pyrrole nitrogens is 1. The minimum absolute atomic E-state index is 0.0295. The molecule has 2 saturated heterocycles. The summed E-state index contributed by atoms with van der Waals surface area (Å²) in [5.41, 5.74) is 4.76. The highest BCUT2D eigenvalue weighted by Gasteiger charge is 2.50. The van der Waals surface area contributed by atoms with Gasteiger partial charge in [0.2, 0.25) is 0 Å². The fraction of sp³-hybridized carbons (Fsp3) is 0.424. The Morgan fingerprint density at radius 2 is 1.69 bits per heavy atom. The average Bonchev–Trinajstić information content (AvgIpc) is 3.88. The summed E-state index contributed by atoms with van der Waals surface area (Å²) in [5.74, 6) is 6.92. The lowest BCUT2D eigenvalue weighted by atomic mass is 9.59. The van der Waals surface area contributed by atoms with E-state index in [-0.39, 0.29) is 40.4 Å². The van der Waals surface area contributed by atoms with Gasteiger partial charge in [0.25, 0.3) is 21.6 Å². The third-order valence-corrected chi connectivity index (χ3v) is 17.8. The number of carbonyl (C=O) groups excluding carboxylic acids is 1. The van der Waals surface area contributed by atoms with Crippen molar-refractivity contribution in [2.75, 3.05) is 49.5 Å². The van der Waals surface area contributed by atoms with Gasteiger partial charge in [0, 0.05) is 80.8 Å². The molecule has 0 radical (unpaired) electrons. The van der Waals surface area contributed by atoms with Gasteiger partial charge in [-0.05, 0) is 136 Å². The number of fused-ring (bicyclic) bond motifs is 1. The Hall–Kier alpha value is -6.77. The van der Waals surface area contributed by atoms with Crippen LogP contribution in [0.25, 0.3) is 11.0 Å². The first-order valence-electron chi connectivity index (χ1n) is 26.5. The number of nitro benzene ring substituents is 1. The molecule has 2 aliphatic carbocycles. The predicted octanol–water partition coefficient (Wildman–Crippen LogP) is 10.7. The second-order valence-corrected chi connectivity index (χ2v) is 23.5. The quantitative estimate of drug-likeness (QED) is 0.0434. The van der Waals surface area contributed by atoms with Gasteiger partial charge in [0.05, 0.1) is 33.2 Å². The van der Waals surface area contributed by atoms with Crippen LogP contribution in [0.15, 0.2) is 120 Å². The van der Waals surface area contributed by atoms with Crippen LogP contribution in [0.1, 0.15) is 124 Å². The van der Waals surface area contributed by atoms with Crippen molar-refractivity contribution < 1.29 is 28.0 Å². The van der Waals surface area contributed by atoms with Gasteiger partial charge in [-0.25, -0.2) is 18.1 Å². The first-order chi connectivity index (χ1) is 36.1. The van der Waals surface area contributed by atoms with Gasteiger partial charge >= 0.3 is 0 Å². The standard InChI is InChI=1S/C59H68N8O7S/c1-5-11-52(42-12-7-6-8-13-42)65-30-31-66(54(39-65)49-15-10-9-14-48(49)40(2)3)45-35-59(36-45)25-28-64(29-26-59)44-16-18-50(55(33-44)74-46-32-43-22-27-60-56(43)62-38-46)57(68)63-75(72,73)47-17-19-51(53(34-47)67(70)71)61-37-41-20-23-58(4,69)24-21-41/h6-10,12-19,22,27,32-34,38,40-41,45,52,54,61,69H,20-21,23-26,28-31,35-37,39H2,1-4H3,(H,60,62)(H,63,68)/t41-,52?,54?,58-. The topological polar surface area (TPSA) is 186 Å². The van der Waals surface area contributed by atoms with Gasteiger partial charge in [0.1, 0.15) is 22.8 Å². The lowest BCUT2D eigenvalue weighted by Crippen LogP contribution is -2.60. The van der Waals surface area contributed by atoms with E-state index in [0.29, 0.717) is 42.7 Å². The van der Waals surface area contributed by atoms with E-state index in [9.17, 15) is 28.4 Å². The van der Waals surface area contributed by atoms with E-state index >= 15 is 0 Å². The number of anilines is 2. The number of piperidine rings is 1. The number of rotatable bonds is 15. The van der Waals surface area contributed by atoms with Crippen LogP contribution in [-0.4, -0.2) is 95.0 Å². The van der Waals surface area contributed by atoms with Gasteiger partial charge in [-0.1, -0.05) is 74.4 Å². The molecule has 15 nitrogen and oxygen atoms in total. The number of pyridine rings is 1. The molecule has 2 aliphatic heterocycles. The van der Waals surface area contributed by atoms with Crippen LogP contribution in [0.5, 0.6) is 11.5 Å². The zero-order valence-corrected chi connectivity index (χ0v) is 44.1. The van der Waals surface area contributed by atoms with Gasteiger partial charge < -0.3 is 25.0 Å². The minimum atomic E-state index is -4.59. The molecule has 10 rings (SSSR count). The number of nitrogens with zero attached hydrogens (tertiary/aromatic N) is 5. The predicted molar refractivity (Wildman–Crippen MR) is 293 cm³/mol. The van der Waals surface area contributed by atoms with E-state index in [2.05, 4.69) is 115 Å². The molecular weight excluding hydrogens is 965 g/mol. The second kappa shape index (κ2) is 21.5. The fourth-order valence-corrected chi connectivity index (χ4v) is 13.1. The van der Waals surface area contributed by atoms with Crippen LogP contribution < -0.4 is 19.7 Å². The fourth-order valence-electron chi connectivity index (χ4n) is 12.1. The largest absolute Gasteiger partial charge is 0.455 e. The highest BCUT2D eigenvalue weighted by molar-refractivity contribution is 7.90. The summed E-state index contributed by atoms with van der Waals surface area (Å²) >= 11 is 0. The van der Waals surface area contributed by atoms with E-state index in [4.69, 9.17) is 4.74 Å². The molecule has 4 heterocycles. The number of piperazine rings is 1. The molecule has 2 atom stereocenters. The molecule has 16 heteroatoms. The van der Waals surface area contributed by atoms with Crippen molar-refractivity contribution in [3.05, 3.63) is 148 Å².